The van der Waals surface area contributed by atoms with E-state index >= 15 is 0 Å². The zero-order valence-corrected chi connectivity index (χ0v) is 18.1. The Morgan fingerprint density at radius 2 is 1.87 bits per heavy atom. The molecule has 0 unspecified atom stereocenters. The maximum absolute atomic E-state index is 13.1. The number of aryl methyl sites for hydroxylation is 2. The minimum atomic E-state index is -4.16. The number of benzene rings is 1. The molecule has 2 heterocycles. The molecule has 10 heteroatoms. The number of hydrogen-bond acceptors (Lipinski definition) is 6. The van der Waals surface area contributed by atoms with Gasteiger partial charge in [-0.2, -0.15) is 5.26 Å². The number of aromatic nitrogens is 2. The van der Waals surface area contributed by atoms with Crippen LogP contribution in [0.4, 0.5) is 5.69 Å². The summed E-state index contributed by atoms with van der Waals surface area (Å²) in [5.74, 6) is -0.499. The Kier molecular flexibility index (Phi) is 6.08. The van der Waals surface area contributed by atoms with E-state index in [0.717, 1.165) is 6.07 Å². The number of nitrogens with one attached hydrogen (secondary N) is 1. The molecule has 7 nitrogen and oxygen atoms in total. The molecule has 0 aliphatic rings. The van der Waals surface area contributed by atoms with Crippen molar-refractivity contribution >= 4 is 44.7 Å². The number of nitrogens with zero attached hydrogens (tertiary/aromatic N) is 3. The van der Waals surface area contributed by atoms with Crippen LogP contribution in [0.3, 0.4) is 0 Å². The number of pyridine rings is 2. The third-order valence-corrected chi connectivity index (χ3v) is 6.16. The average molecular weight is 461 g/mol. The second-order valence-electron chi connectivity index (χ2n) is 6.33. The lowest BCUT2D eigenvalue weighted by Crippen LogP contribution is -2.18. The van der Waals surface area contributed by atoms with Gasteiger partial charge in [-0.3, -0.25) is 14.5 Å². The molecule has 0 saturated heterocycles. The van der Waals surface area contributed by atoms with Crippen molar-refractivity contribution in [1.82, 2.24) is 9.97 Å². The van der Waals surface area contributed by atoms with Crippen LogP contribution in [-0.4, -0.2) is 24.2 Å². The van der Waals surface area contributed by atoms with E-state index in [1.54, 1.807) is 26.1 Å². The molecule has 152 valence electrons. The second kappa shape index (κ2) is 8.40. The predicted molar refractivity (Wildman–Crippen MR) is 113 cm³/mol. The second-order valence-corrected chi connectivity index (χ2v) is 8.85. The normalized spacial score (nSPS) is 11.0. The first-order valence-electron chi connectivity index (χ1n) is 8.49. The molecule has 0 atom stereocenters. The third kappa shape index (κ3) is 4.28. The van der Waals surface area contributed by atoms with Gasteiger partial charge < -0.3 is 0 Å². The maximum atomic E-state index is 13.1. The minimum absolute atomic E-state index is 0.00155. The van der Waals surface area contributed by atoms with E-state index in [9.17, 15) is 13.2 Å². The van der Waals surface area contributed by atoms with Gasteiger partial charge >= 0.3 is 0 Å². The molecule has 0 radical (unpaired) electrons. The first kappa shape index (κ1) is 21.7. The zero-order valence-electron chi connectivity index (χ0n) is 15.8. The standard InChI is InChI=1S/C20H14Cl2N4O3S/c1-11-5-6-24-12(2)18(11)20(27)19-17(8-14(21)10-25-19)26-30(28,29)15-3-4-16(22)13(7-15)9-23/h3-8,10,26H,1-2H3. The number of carbonyl (C=O) groups excluding carboxylic acids is 1. The van der Waals surface area contributed by atoms with Gasteiger partial charge in [-0.25, -0.2) is 13.4 Å². The lowest BCUT2D eigenvalue weighted by atomic mass is 10.0. The Morgan fingerprint density at radius 1 is 1.13 bits per heavy atom. The number of carbonyl (C=O) groups is 1. The van der Waals surface area contributed by atoms with Crippen LogP contribution in [0.2, 0.25) is 10.0 Å². The van der Waals surface area contributed by atoms with E-state index in [0.29, 0.717) is 16.8 Å². The summed E-state index contributed by atoms with van der Waals surface area (Å²) in [6, 6.07) is 8.49. The van der Waals surface area contributed by atoms with Gasteiger partial charge in [-0.05, 0) is 49.7 Å². The fourth-order valence-corrected chi connectivity index (χ4v) is 4.22. The molecule has 0 spiro atoms. The van der Waals surface area contributed by atoms with Crippen molar-refractivity contribution in [1.29, 1.82) is 5.26 Å². The summed E-state index contributed by atoms with van der Waals surface area (Å²) in [5, 5.41) is 9.36. The Labute approximate surface area is 183 Å². The summed E-state index contributed by atoms with van der Waals surface area (Å²) in [6.45, 7) is 3.43. The van der Waals surface area contributed by atoms with Crippen LogP contribution in [0.15, 0.2) is 47.6 Å². The number of ketones is 1. The van der Waals surface area contributed by atoms with Crippen LogP contribution in [0.25, 0.3) is 0 Å². The van der Waals surface area contributed by atoms with E-state index in [4.69, 9.17) is 28.5 Å². The van der Waals surface area contributed by atoms with Crippen LogP contribution in [0.1, 0.15) is 32.9 Å². The molecule has 0 fully saturated rings. The van der Waals surface area contributed by atoms with E-state index in [1.807, 2.05) is 6.07 Å². The summed E-state index contributed by atoms with van der Waals surface area (Å²) in [6.07, 6.45) is 2.83. The third-order valence-electron chi connectivity index (χ3n) is 4.26. The van der Waals surface area contributed by atoms with Gasteiger partial charge in [0.1, 0.15) is 11.8 Å². The average Bonchev–Trinajstić information content (AvgIpc) is 2.67. The molecular weight excluding hydrogens is 447 g/mol. The summed E-state index contributed by atoms with van der Waals surface area (Å²) in [5.41, 5.74) is 1.27. The van der Waals surface area contributed by atoms with Crippen molar-refractivity contribution in [3.05, 3.63) is 80.8 Å². The first-order valence-corrected chi connectivity index (χ1v) is 10.7. The minimum Gasteiger partial charge on any atom is -0.287 e. The van der Waals surface area contributed by atoms with Gasteiger partial charge in [0.05, 0.1) is 26.2 Å². The van der Waals surface area contributed by atoms with E-state index in [1.165, 1.54) is 24.4 Å². The van der Waals surface area contributed by atoms with Gasteiger partial charge in [0, 0.05) is 23.7 Å². The quantitative estimate of drug-likeness (QED) is 0.567. The van der Waals surface area contributed by atoms with Gasteiger partial charge in [0.25, 0.3) is 10.0 Å². The molecule has 3 rings (SSSR count). The summed E-state index contributed by atoms with van der Waals surface area (Å²) in [7, 11) is -4.16. The number of rotatable bonds is 5. The SMILES string of the molecule is Cc1ccnc(C)c1C(=O)c1ncc(Cl)cc1NS(=O)(=O)c1ccc(Cl)c(C#N)c1. The monoisotopic (exact) mass is 460 g/mol. The highest BCUT2D eigenvalue weighted by molar-refractivity contribution is 7.92. The first-order chi connectivity index (χ1) is 14.1. The zero-order chi connectivity index (χ0) is 22.1. The smallest absolute Gasteiger partial charge is 0.262 e. The van der Waals surface area contributed by atoms with E-state index in [2.05, 4.69) is 14.7 Å². The number of sulfonamides is 1. The van der Waals surface area contributed by atoms with E-state index < -0.39 is 15.8 Å². The highest BCUT2D eigenvalue weighted by atomic mass is 35.5. The van der Waals surface area contributed by atoms with Crippen LogP contribution < -0.4 is 4.72 Å². The fraction of sp³-hybridized carbons (Fsp3) is 0.100. The van der Waals surface area contributed by atoms with Crippen LogP contribution >= 0.6 is 23.2 Å². The molecule has 0 amide bonds. The maximum Gasteiger partial charge on any atom is 0.262 e. The molecule has 30 heavy (non-hydrogen) atoms. The van der Waals surface area contributed by atoms with Crippen molar-refractivity contribution in [2.45, 2.75) is 18.7 Å². The Morgan fingerprint density at radius 3 is 2.53 bits per heavy atom. The number of nitriles is 1. The summed E-state index contributed by atoms with van der Waals surface area (Å²) in [4.78, 5) is 21.1. The van der Waals surface area contributed by atoms with Crippen molar-refractivity contribution in [3.8, 4) is 6.07 Å². The molecule has 0 saturated carbocycles. The highest BCUT2D eigenvalue weighted by Gasteiger charge is 2.24. The molecule has 0 aliphatic heterocycles. The van der Waals surface area contributed by atoms with E-state index in [-0.39, 0.29) is 31.9 Å². The van der Waals surface area contributed by atoms with Gasteiger partial charge in [0.2, 0.25) is 5.78 Å². The molecule has 0 aliphatic carbocycles. The number of halogens is 2. The van der Waals surface area contributed by atoms with Crippen LogP contribution in [0, 0.1) is 25.2 Å². The van der Waals surface area contributed by atoms with Crippen LogP contribution in [0.5, 0.6) is 0 Å². The number of hydrogen-bond donors (Lipinski definition) is 1. The molecule has 1 N–H and O–H groups in total. The lowest BCUT2D eigenvalue weighted by molar-refractivity contribution is 0.103. The van der Waals surface area contributed by atoms with Crippen molar-refractivity contribution in [2.75, 3.05) is 4.72 Å². The van der Waals surface area contributed by atoms with Gasteiger partial charge in [-0.15, -0.1) is 0 Å². The largest absolute Gasteiger partial charge is 0.287 e. The topological polar surface area (TPSA) is 113 Å². The summed E-state index contributed by atoms with van der Waals surface area (Å²) >= 11 is 11.9. The predicted octanol–water partition coefficient (Wildman–Crippen LogP) is 4.30. The Bertz CT molecular complexity index is 1300. The molecule has 3 aromatic rings. The number of anilines is 1. The highest BCUT2D eigenvalue weighted by Crippen LogP contribution is 2.27. The molecule has 0 bridgehead atoms. The van der Waals surface area contributed by atoms with Crippen molar-refractivity contribution in [2.24, 2.45) is 0 Å². The van der Waals surface area contributed by atoms with Gasteiger partial charge in [0.15, 0.2) is 0 Å². The molecular formula is C20H14Cl2N4O3S. The lowest BCUT2D eigenvalue weighted by Gasteiger charge is -2.14. The Hall–Kier alpha value is -2.99. The van der Waals surface area contributed by atoms with Crippen molar-refractivity contribution < 1.29 is 13.2 Å². The molecule has 2 aromatic heterocycles. The van der Waals surface area contributed by atoms with Crippen LogP contribution in [-0.2, 0) is 10.0 Å². The van der Waals surface area contributed by atoms with Crippen molar-refractivity contribution in [3.63, 3.8) is 0 Å². The molecule has 1 aromatic carbocycles. The Balaban J connectivity index is 2.09. The van der Waals surface area contributed by atoms with Gasteiger partial charge in [-0.1, -0.05) is 23.2 Å². The fourth-order valence-electron chi connectivity index (χ4n) is 2.81. The summed E-state index contributed by atoms with van der Waals surface area (Å²) < 4.78 is 28.1.